The van der Waals surface area contributed by atoms with Crippen molar-refractivity contribution in [1.29, 1.82) is 0 Å². The highest BCUT2D eigenvalue weighted by molar-refractivity contribution is 6.32. The van der Waals surface area contributed by atoms with Gasteiger partial charge in [0.2, 0.25) is 0 Å². The molecule has 0 aliphatic carbocycles. The average Bonchev–Trinajstić information content (AvgIpc) is 3.11. The molecule has 4 aromatic rings. The van der Waals surface area contributed by atoms with Crippen molar-refractivity contribution in [3.8, 4) is 0 Å². The number of halogens is 1. The summed E-state index contributed by atoms with van der Waals surface area (Å²) in [6.07, 6.45) is 4.50. The molecular formula is C23H24ClN5O2. The number of ether oxygens (including phenoxy) is 1. The summed E-state index contributed by atoms with van der Waals surface area (Å²) in [5.74, 6) is 0.592. The number of H-pyrrole nitrogens is 1. The maximum atomic E-state index is 12.7. The lowest BCUT2D eigenvalue weighted by atomic mass is 10.1. The molecule has 7 nitrogen and oxygen atoms in total. The van der Waals surface area contributed by atoms with Crippen molar-refractivity contribution >= 4 is 28.2 Å². The Kier molecular flexibility index (Phi) is 5.25. The first-order valence-electron chi connectivity index (χ1n) is 10.4. The van der Waals surface area contributed by atoms with Crippen LogP contribution in [0.2, 0.25) is 5.02 Å². The molecular weight excluding hydrogens is 414 g/mol. The van der Waals surface area contributed by atoms with Crippen LogP contribution in [0.25, 0.3) is 16.6 Å². The van der Waals surface area contributed by atoms with E-state index in [9.17, 15) is 4.79 Å². The van der Waals surface area contributed by atoms with Crippen molar-refractivity contribution < 1.29 is 4.74 Å². The van der Waals surface area contributed by atoms with Gasteiger partial charge in [-0.3, -0.25) is 9.69 Å². The standard InChI is InChI=1S/C23H24ClN5O2/c1-14-7-22-25-17(13-29(22)11-15(14)2)9-21-26-20-8-16(12-28-3-5-31-6-4-28)19(24)10-18(20)23(30)27-21/h7-8,10-11,13H,3-6,9,12H2,1-2H3,(H,26,27,30). The van der Waals surface area contributed by atoms with Crippen LogP contribution in [0.15, 0.2) is 35.4 Å². The molecule has 31 heavy (non-hydrogen) atoms. The number of nitrogens with one attached hydrogen (secondary N) is 1. The first-order valence-corrected chi connectivity index (χ1v) is 10.8. The van der Waals surface area contributed by atoms with Gasteiger partial charge in [-0.25, -0.2) is 9.97 Å². The zero-order valence-corrected chi connectivity index (χ0v) is 18.4. The van der Waals surface area contributed by atoms with Crippen LogP contribution in [0.1, 0.15) is 28.2 Å². The van der Waals surface area contributed by atoms with E-state index >= 15 is 0 Å². The molecule has 0 bridgehead atoms. The van der Waals surface area contributed by atoms with Crippen molar-refractivity contribution in [2.75, 3.05) is 26.3 Å². The van der Waals surface area contributed by atoms with E-state index < -0.39 is 0 Å². The topological polar surface area (TPSA) is 75.5 Å². The maximum absolute atomic E-state index is 12.7. The highest BCUT2D eigenvalue weighted by atomic mass is 35.5. The number of morpholine rings is 1. The third kappa shape index (κ3) is 4.08. The molecule has 1 aliphatic heterocycles. The van der Waals surface area contributed by atoms with Gasteiger partial charge in [-0.05, 0) is 48.7 Å². The van der Waals surface area contributed by atoms with Gasteiger partial charge in [0.25, 0.3) is 5.56 Å². The van der Waals surface area contributed by atoms with Crippen molar-refractivity contribution in [1.82, 2.24) is 24.3 Å². The zero-order valence-electron chi connectivity index (χ0n) is 17.6. The third-order valence-corrected chi connectivity index (χ3v) is 6.23. The Labute approximate surface area is 184 Å². The summed E-state index contributed by atoms with van der Waals surface area (Å²) < 4.78 is 7.43. The van der Waals surface area contributed by atoms with Crippen LogP contribution in [0.3, 0.4) is 0 Å². The van der Waals surface area contributed by atoms with E-state index in [2.05, 4.69) is 41.0 Å². The summed E-state index contributed by atoms with van der Waals surface area (Å²) in [7, 11) is 0. The fraction of sp³-hybridized carbons (Fsp3) is 0.348. The number of hydrogen-bond acceptors (Lipinski definition) is 5. The quantitative estimate of drug-likeness (QED) is 0.530. The number of hydrogen-bond donors (Lipinski definition) is 1. The minimum absolute atomic E-state index is 0.185. The van der Waals surface area contributed by atoms with Gasteiger partial charge in [0, 0.05) is 43.5 Å². The lowest BCUT2D eigenvalue weighted by Gasteiger charge is -2.26. The fourth-order valence-corrected chi connectivity index (χ4v) is 4.22. The number of imidazole rings is 1. The second-order valence-electron chi connectivity index (χ2n) is 8.18. The van der Waals surface area contributed by atoms with Gasteiger partial charge in [-0.1, -0.05) is 11.6 Å². The van der Waals surface area contributed by atoms with E-state index in [1.54, 1.807) is 6.07 Å². The first-order chi connectivity index (χ1) is 15.0. The minimum Gasteiger partial charge on any atom is -0.379 e. The molecule has 5 rings (SSSR count). The van der Waals surface area contributed by atoms with Gasteiger partial charge in [-0.15, -0.1) is 0 Å². The Morgan fingerprint density at radius 1 is 1.10 bits per heavy atom. The number of nitrogens with zero attached hydrogens (tertiary/aromatic N) is 4. The van der Waals surface area contributed by atoms with E-state index in [-0.39, 0.29) is 5.56 Å². The van der Waals surface area contributed by atoms with E-state index in [1.807, 2.05) is 16.7 Å². The predicted molar refractivity (Wildman–Crippen MR) is 121 cm³/mol. The lowest BCUT2D eigenvalue weighted by molar-refractivity contribution is 0.0342. The van der Waals surface area contributed by atoms with E-state index in [4.69, 9.17) is 21.3 Å². The Morgan fingerprint density at radius 2 is 1.90 bits per heavy atom. The van der Waals surface area contributed by atoms with Crippen molar-refractivity contribution in [2.45, 2.75) is 26.8 Å². The van der Waals surface area contributed by atoms with E-state index in [1.165, 1.54) is 11.1 Å². The van der Waals surface area contributed by atoms with Crippen LogP contribution >= 0.6 is 11.6 Å². The molecule has 1 aromatic carbocycles. The largest absolute Gasteiger partial charge is 0.379 e. The summed E-state index contributed by atoms with van der Waals surface area (Å²) in [4.78, 5) is 27.3. The summed E-state index contributed by atoms with van der Waals surface area (Å²) in [5.41, 5.74) is 5.59. The molecule has 1 N–H and O–H groups in total. The molecule has 0 radical (unpaired) electrons. The minimum atomic E-state index is -0.185. The van der Waals surface area contributed by atoms with Crippen LogP contribution in [-0.4, -0.2) is 50.6 Å². The summed E-state index contributed by atoms with van der Waals surface area (Å²) >= 11 is 6.48. The monoisotopic (exact) mass is 437 g/mol. The number of fused-ring (bicyclic) bond motifs is 2. The summed E-state index contributed by atoms with van der Waals surface area (Å²) in [6.45, 7) is 8.07. The highest BCUT2D eigenvalue weighted by Gasteiger charge is 2.15. The van der Waals surface area contributed by atoms with Gasteiger partial charge in [0.1, 0.15) is 11.5 Å². The number of pyridine rings is 1. The smallest absolute Gasteiger partial charge is 0.258 e. The molecule has 4 heterocycles. The Morgan fingerprint density at radius 3 is 2.71 bits per heavy atom. The van der Waals surface area contributed by atoms with Gasteiger partial charge < -0.3 is 14.1 Å². The van der Waals surface area contributed by atoms with Gasteiger partial charge in [0.15, 0.2) is 0 Å². The van der Waals surface area contributed by atoms with Crippen molar-refractivity contribution in [2.24, 2.45) is 0 Å². The molecule has 0 spiro atoms. The molecule has 0 amide bonds. The first kappa shape index (κ1) is 20.2. The Hall–Kier alpha value is -2.74. The second-order valence-corrected chi connectivity index (χ2v) is 8.58. The number of benzene rings is 1. The third-order valence-electron chi connectivity index (χ3n) is 5.88. The van der Waals surface area contributed by atoms with Gasteiger partial charge >= 0.3 is 0 Å². The number of aromatic amines is 1. The average molecular weight is 438 g/mol. The second kappa shape index (κ2) is 8.07. The highest BCUT2D eigenvalue weighted by Crippen LogP contribution is 2.23. The molecule has 3 aromatic heterocycles. The van der Waals surface area contributed by atoms with Crippen LogP contribution in [0.4, 0.5) is 0 Å². The van der Waals surface area contributed by atoms with Crippen LogP contribution in [0.5, 0.6) is 0 Å². The fourth-order valence-electron chi connectivity index (χ4n) is 4.00. The normalized spacial score (nSPS) is 15.2. The molecule has 1 aliphatic rings. The molecule has 0 atom stereocenters. The van der Waals surface area contributed by atoms with Crippen molar-refractivity contribution in [3.63, 3.8) is 0 Å². The SMILES string of the molecule is Cc1cc2nc(Cc3nc4cc(CN5CCOCC5)c(Cl)cc4c(=O)[nH]3)cn2cc1C. The molecule has 8 heteroatoms. The van der Waals surface area contributed by atoms with Gasteiger partial charge in [0.05, 0.1) is 29.8 Å². The van der Waals surface area contributed by atoms with E-state index in [0.29, 0.717) is 34.7 Å². The number of aromatic nitrogens is 4. The molecule has 160 valence electrons. The lowest BCUT2D eigenvalue weighted by Crippen LogP contribution is -2.35. The predicted octanol–water partition coefficient (Wildman–Crippen LogP) is 3.26. The Balaban J connectivity index is 1.47. The molecule has 0 unspecified atom stereocenters. The van der Waals surface area contributed by atoms with Crippen LogP contribution < -0.4 is 5.56 Å². The summed E-state index contributed by atoms with van der Waals surface area (Å²) in [6, 6.07) is 5.72. The number of aryl methyl sites for hydroxylation is 2. The number of rotatable bonds is 4. The zero-order chi connectivity index (χ0) is 21.5. The molecule has 1 fully saturated rings. The van der Waals surface area contributed by atoms with E-state index in [0.717, 1.165) is 43.2 Å². The van der Waals surface area contributed by atoms with Crippen molar-refractivity contribution in [3.05, 3.63) is 74.2 Å². The molecule has 0 saturated carbocycles. The molecule has 1 saturated heterocycles. The Bertz CT molecular complexity index is 1300. The summed E-state index contributed by atoms with van der Waals surface area (Å²) in [5, 5.41) is 1.09. The van der Waals surface area contributed by atoms with Crippen LogP contribution in [-0.2, 0) is 17.7 Å². The van der Waals surface area contributed by atoms with Crippen LogP contribution in [0, 0.1) is 13.8 Å². The van der Waals surface area contributed by atoms with Gasteiger partial charge in [-0.2, -0.15) is 0 Å². The maximum Gasteiger partial charge on any atom is 0.258 e.